The van der Waals surface area contributed by atoms with Gasteiger partial charge in [-0.15, -0.1) is 0 Å². The number of nitrogen functional groups attached to an aromatic ring is 1. The number of aryl methyl sites for hydroxylation is 1. The van der Waals surface area contributed by atoms with Crippen molar-refractivity contribution in [2.45, 2.75) is 46.6 Å². The highest BCUT2D eigenvalue weighted by molar-refractivity contribution is 6.28. The molecule has 0 aromatic carbocycles. The van der Waals surface area contributed by atoms with Crippen LogP contribution in [0.4, 0.5) is 11.5 Å². The van der Waals surface area contributed by atoms with Crippen LogP contribution in [0, 0.1) is 12.8 Å². The predicted molar refractivity (Wildman–Crippen MR) is 73.3 cm³/mol. The fourth-order valence-corrected chi connectivity index (χ4v) is 1.76. The summed E-state index contributed by atoms with van der Waals surface area (Å²) in [7, 11) is 0. The van der Waals surface area contributed by atoms with Crippen LogP contribution in [0.2, 0.25) is 5.28 Å². The van der Waals surface area contributed by atoms with E-state index < -0.39 is 0 Å². The highest BCUT2D eigenvalue weighted by Gasteiger charge is 2.10. The molecule has 1 unspecified atom stereocenters. The molecule has 0 saturated heterocycles. The molecule has 1 rings (SSSR count). The van der Waals surface area contributed by atoms with Crippen LogP contribution in [-0.4, -0.2) is 16.0 Å². The summed E-state index contributed by atoms with van der Waals surface area (Å²) < 4.78 is 0. The summed E-state index contributed by atoms with van der Waals surface area (Å²) in [5.41, 5.74) is 7.20. The van der Waals surface area contributed by atoms with E-state index in [0.29, 0.717) is 29.2 Å². The first-order valence-electron chi connectivity index (χ1n) is 5.96. The Morgan fingerprint density at radius 3 is 2.47 bits per heavy atom. The van der Waals surface area contributed by atoms with E-state index in [1.807, 2.05) is 6.92 Å². The number of rotatable bonds is 5. The lowest BCUT2D eigenvalue weighted by atomic mass is 10.0. The quantitative estimate of drug-likeness (QED) is 0.794. The first-order chi connectivity index (χ1) is 7.90. The summed E-state index contributed by atoms with van der Waals surface area (Å²) >= 11 is 5.82. The Balaban J connectivity index is 2.68. The number of nitrogens with zero attached hydrogens (tertiary/aromatic N) is 2. The van der Waals surface area contributed by atoms with Gasteiger partial charge in [-0.2, -0.15) is 4.98 Å². The molecule has 4 nitrogen and oxygen atoms in total. The number of nitrogens with two attached hydrogens (primary N) is 1. The highest BCUT2D eigenvalue weighted by Crippen LogP contribution is 2.22. The average molecular weight is 257 g/mol. The van der Waals surface area contributed by atoms with Crippen molar-refractivity contribution in [3.8, 4) is 0 Å². The molecule has 1 atom stereocenters. The minimum absolute atomic E-state index is 0.232. The first kappa shape index (κ1) is 14.0. The monoisotopic (exact) mass is 256 g/mol. The van der Waals surface area contributed by atoms with E-state index in [4.69, 9.17) is 17.3 Å². The van der Waals surface area contributed by atoms with Crippen LogP contribution >= 0.6 is 11.6 Å². The van der Waals surface area contributed by atoms with Gasteiger partial charge in [0.15, 0.2) is 5.82 Å². The number of aromatic nitrogens is 2. The van der Waals surface area contributed by atoms with Crippen LogP contribution < -0.4 is 11.1 Å². The second-order valence-corrected chi connectivity index (χ2v) is 5.19. The molecule has 1 heterocycles. The standard InChI is InChI=1S/C12H21ClN4/c1-7(2)5-6-8(3)15-11-10(14)9(4)16-12(13)17-11/h7-8H,5-6,14H2,1-4H3,(H,15,16,17). The SMILES string of the molecule is Cc1nc(Cl)nc(NC(C)CCC(C)C)c1N. The summed E-state index contributed by atoms with van der Waals surface area (Å²) in [6.45, 7) is 8.37. The minimum Gasteiger partial charge on any atom is -0.394 e. The van der Waals surface area contributed by atoms with Gasteiger partial charge < -0.3 is 11.1 Å². The molecule has 0 fully saturated rings. The molecule has 0 aliphatic rings. The van der Waals surface area contributed by atoms with Gasteiger partial charge in [0, 0.05) is 6.04 Å². The Labute approximate surface area is 108 Å². The van der Waals surface area contributed by atoms with Crippen molar-refractivity contribution < 1.29 is 0 Å². The van der Waals surface area contributed by atoms with Crippen molar-refractivity contribution in [3.63, 3.8) is 0 Å². The second-order valence-electron chi connectivity index (χ2n) is 4.86. The van der Waals surface area contributed by atoms with Crippen LogP contribution in [0.1, 0.15) is 39.3 Å². The molecule has 1 aromatic rings. The molecule has 0 bridgehead atoms. The van der Waals surface area contributed by atoms with Crippen LogP contribution in [0.15, 0.2) is 0 Å². The van der Waals surface area contributed by atoms with Gasteiger partial charge in [0.25, 0.3) is 0 Å². The fourth-order valence-electron chi connectivity index (χ4n) is 1.55. The number of hydrogen-bond acceptors (Lipinski definition) is 4. The molecule has 0 saturated carbocycles. The molecule has 5 heteroatoms. The van der Waals surface area contributed by atoms with Gasteiger partial charge in [-0.3, -0.25) is 0 Å². The van der Waals surface area contributed by atoms with Crippen molar-refractivity contribution in [2.75, 3.05) is 11.1 Å². The third-order valence-electron chi connectivity index (χ3n) is 2.67. The van der Waals surface area contributed by atoms with Gasteiger partial charge in [-0.05, 0) is 44.2 Å². The Morgan fingerprint density at radius 2 is 1.88 bits per heavy atom. The lowest BCUT2D eigenvalue weighted by Gasteiger charge is -2.17. The molecule has 96 valence electrons. The largest absolute Gasteiger partial charge is 0.394 e. The minimum atomic E-state index is 0.232. The smallest absolute Gasteiger partial charge is 0.224 e. The van der Waals surface area contributed by atoms with Crippen molar-refractivity contribution in [3.05, 3.63) is 11.0 Å². The summed E-state index contributed by atoms with van der Waals surface area (Å²) in [5.74, 6) is 1.34. The summed E-state index contributed by atoms with van der Waals surface area (Å²) in [4.78, 5) is 8.12. The zero-order valence-corrected chi connectivity index (χ0v) is 11.7. The number of halogens is 1. The predicted octanol–water partition coefficient (Wildman–Crippen LogP) is 3.26. The topological polar surface area (TPSA) is 63.8 Å². The van der Waals surface area contributed by atoms with E-state index >= 15 is 0 Å². The van der Waals surface area contributed by atoms with Gasteiger partial charge >= 0.3 is 0 Å². The normalized spacial score (nSPS) is 12.8. The Kier molecular flexibility index (Phi) is 5.00. The van der Waals surface area contributed by atoms with Gasteiger partial charge in [0.2, 0.25) is 5.28 Å². The van der Waals surface area contributed by atoms with Gasteiger partial charge in [-0.1, -0.05) is 13.8 Å². The van der Waals surface area contributed by atoms with E-state index in [0.717, 1.165) is 6.42 Å². The van der Waals surface area contributed by atoms with Crippen molar-refractivity contribution in [2.24, 2.45) is 5.92 Å². The summed E-state index contributed by atoms with van der Waals surface area (Å²) in [5, 5.41) is 3.52. The van der Waals surface area contributed by atoms with Crippen molar-refractivity contribution >= 4 is 23.1 Å². The number of anilines is 2. The maximum absolute atomic E-state index is 5.91. The molecule has 0 aliphatic carbocycles. The van der Waals surface area contributed by atoms with E-state index in [2.05, 4.69) is 36.1 Å². The Morgan fingerprint density at radius 1 is 1.24 bits per heavy atom. The van der Waals surface area contributed by atoms with E-state index in [1.165, 1.54) is 6.42 Å². The van der Waals surface area contributed by atoms with E-state index in [1.54, 1.807) is 0 Å². The number of hydrogen-bond donors (Lipinski definition) is 2. The molecule has 0 amide bonds. The third kappa shape index (κ3) is 4.38. The van der Waals surface area contributed by atoms with Gasteiger partial charge in [-0.25, -0.2) is 4.98 Å². The zero-order chi connectivity index (χ0) is 13.0. The lowest BCUT2D eigenvalue weighted by molar-refractivity contribution is 0.527. The maximum Gasteiger partial charge on any atom is 0.224 e. The van der Waals surface area contributed by atoms with Crippen LogP contribution in [0.5, 0.6) is 0 Å². The summed E-state index contributed by atoms with van der Waals surface area (Å²) in [6.07, 6.45) is 2.25. The highest BCUT2D eigenvalue weighted by atomic mass is 35.5. The molecular formula is C12H21ClN4. The van der Waals surface area contributed by atoms with Crippen molar-refractivity contribution in [1.82, 2.24) is 9.97 Å². The van der Waals surface area contributed by atoms with Gasteiger partial charge in [0.1, 0.15) is 0 Å². The van der Waals surface area contributed by atoms with Crippen molar-refractivity contribution in [1.29, 1.82) is 0 Å². The van der Waals surface area contributed by atoms with E-state index in [9.17, 15) is 0 Å². The average Bonchev–Trinajstić information content (AvgIpc) is 2.22. The zero-order valence-electron chi connectivity index (χ0n) is 10.9. The Bertz CT molecular complexity index is 379. The molecule has 17 heavy (non-hydrogen) atoms. The van der Waals surface area contributed by atoms with E-state index in [-0.39, 0.29) is 5.28 Å². The molecule has 3 N–H and O–H groups in total. The van der Waals surface area contributed by atoms with Gasteiger partial charge in [0.05, 0.1) is 11.4 Å². The van der Waals surface area contributed by atoms with Crippen LogP contribution in [-0.2, 0) is 0 Å². The number of nitrogens with one attached hydrogen (secondary N) is 1. The van der Waals surface area contributed by atoms with Crippen LogP contribution in [0.3, 0.4) is 0 Å². The first-order valence-corrected chi connectivity index (χ1v) is 6.34. The Hall–Kier alpha value is -1.03. The maximum atomic E-state index is 5.91. The molecule has 0 aliphatic heterocycles. The molecular weight excluding hydrogens is 236 g/mol. The fraction of sp³-hybridized carbons (Fsp3) is 0.667. The lowest BCUT2D eigenvalue weighted by Crippen LogP contribution is -2.18. The molecule has 1 aromatic heterocycles. The third-order valence-corrected chi connectivity index (χ3v) is 2.84. The van der Waals surface area contributed by atoms with Crippen LogP contribution in [0.25, 0.3) is 0 Å². The molecule has 0 spiro atoms. The summed E-state index contributed by atoms with van der Waals surface area (Å²) in [6, 6.07) is 0.324. The second kappa shape index (κ2) is 6.05. The molecule has 0 radical (unpaired) electrons.